The quantitative estimate of drug-likeness (QED) is 0.0396. The molecule has 0 radical (unpaired) electrons. The van der Waals surface area contributed by atoms with Crippen molar-refractivity contribution in [1.29, 1.82) is 0 Å². The molecule has 4 heteroatoms. The summed E-state index contributed by atoms with van der Waals surface area (Å²) in [6.45, 7) is 4.43. The lowest BCUT2D eigenvalue weighted by molar-refractivity contribution is -0.150. The average molecular weight is 697 g/mol. The molecule has 0 aliphatic heterocycles. The van der Waals surface area contributed by atoms with E-state index >= 15 is 0 Å². The maximum atomic E-state index is 12.7. The molecule has 0 aromatic carbocycles. The summed E-state index contributed by atoms with van der Waals surface area (Å²) >= 11 is 0. The van der Waals surface area contributed by atoms with Crippen LogP contribution in [0.1, 0.15) is 213 Å². The summed E-state index contributed by atoms with van der Waals surface area (Å²) in [6, 6.07) is 0. The maximum Gasteiger partial charge on any atom is 0.306 e. The summed E-state index contributed by atoms with van der Waals surface area (Å²) in [5.41, 5.74) is 0. The molecule has 0 spiro atoms. The van der Waals surface area contributed by atoms with Gasteiger partial charge in [-0.2, -0.15) is 0 Å². The van der Waals surface area contributed by atoms with Crippen molar-refractivity contribution >= 4 is 11.9 Å². The Labute approximate surface area is 310 Å². The Morgan fingerprint density at radius 1 is 0.460 bits per heavy atom. The molecule has 0 aromatic heterocycles. The second-order valence-electron chi connectivity index (χ2n) is 14.2. The fourth-order valence-corrected chi connectivity index (χ4v) is 6.15. The number of aliphatic carboxylic acids is 1. The predicted molar refractivity (Wildman–Crippen MR) is 218 cm³/mol. The SMILES string of the molecule is CC/C=C\C/C=C\C/C=C\C/C=C\C/C=C\CCCCCCCC(=O)OC(CCCCCCCCCC)CCCCCCCCCCC(=O)O. The van der Waals surface area contributed by atoms with E-state index in [9.17, 15) is 9.59 Å². The molecule has 0 saturated carbocycles. The lowest BCUT2D eigenvalue weighted by Crippen LogP contribution is -2.18. The Hall–Kier alpha value is -2.36. The Morgan fingerprint density at radius 3 is 1.30 bits per heavy atom. The van der Waals surface area contributed by atoms with Gasteiger partial charge in [0.15, 0.2) is 0 Å². The molecule has 1 N–H and O–H groups in total. The fourth-order valence-electron chi connectivity index (χ4n) is 6.15. The third-order valence-electron chi connectivity index (χ3n) is 9.25. The van der Waals surface area contributed by atoms with Crippen LogP contribution in [0.2, 0.25) is 0 Å². The molecule has 50 heavy (non-hydrogen) atoms. The molecule has 0 saturated heterocycles. The van der Waals surface area contributed by atoms with Crippen molar-refractivity contribution in [1.82, 2.24) is 0 Å². The van der Waals surface area contributed by atoms with E-state index in [1.165, 1.54) is 96.3 Å². The van der Waals surface area contributed by atoms with Gasteiger partial charge in [0.2, 0.25) is 0 Å². The lowest BCUT2D eigenvalue weighted by atomic mass is 10.0. The molecule has 4 nitrogen and oxygen atoms in total. The first-order valence-electron chi connectivity index (χ1n) is 21.3. The summed E-state index contributed by atoms with van der Waals surface area (Å²) in [5, 5.41) is 8.75. The van der Waals surface area contributed by atoms with Crippen LogP contribution in [0.15, 0.2) is 60.8 Å². The zero-order chi connectivity index (χ0) is 36.4. The zero-order valence-electron chi connectivity index (χ0n) is 32.9. The third kappa shape index (κ3) is 40.1. The Kier molecular flexibility index (Phi) is 39.1. The van der Waals surface area contributed by atoms with Gasteiger partial charge in [-0.3, -0.25) is 9.59 Å². The summed E-state index contributed by atoms with van der Waals surface area (Å²) in [5.74, 6) is -0.675. The van der Waals surface area contributed by atoms with E-state index in [4.69, 9.17) is 9.84 Å². The number of carbonyl (C=O) groups excluding carboxylic acids is 1. The van der Waals surface area contributed by atoms with Gasteiger partial charge in [-0.1, -0.05) is 177 Å². The van der Waals surface area contributed by atoms with Gasteiger partial charge in [0.1, 0.15) is 6.10 Å². The third-order valence-corrected chi connectivity index (χ3v) is 9.25. The second kappa shape index (κ2) is 41.1. The smallest absolute Gasteiger partial charge is 0.306 e. The van der Waals surface area contributed by atoms with Crippen LogP contribution in [0.5, 0.6) is 0 Å². The number of carboxylic acid groups (broad SMARTS) is 1. The molecule has 0 rings (SSSR count). The molecule has 0 aliphatic carbocycles. The Bertz CT molecular complexity index is 881. The highest BCUT2D eigenvalue weighted by molar-refractivity contribution is 5.69. The number of carbonyl (C=O) groups is 2. The number of allylic oxidation sites excluding steroid dienone is 10. The zero-order valence-corrected chi connectivity index (χ0v) is 32.9. The predicted octanol–water partition coefficient (Wildman–Crippen LogP) is 14.9. The Morgan fingerprint density at radius 2 is 0.840 bits per heavy atom. The van der Waals surface area contributed by atoms with Crippen LogP contribution in [0.3, 0.4) is 0 Å². The molecule has 288 valence electrons. The maximum absolute atomic E-state index is 12.7. The summed E-state index contributed by atoms with van der Waals surface area (Å²) in [4.78, 5) is 23.3. The van der Waals surface area contributed by atoms with Crippen LogP contribution < -0.4 is 0 Å². The van der Waals surface area contributed by atoms with E-state index in [-0.39, 0.29) is 12.1 Å². The normalized spacial score (nSPS) is 12.8. The standard InChI is InChI=1S/C46H80O4/c1-3-5-7-9-11-13-14-15-16-17-18-19-20-21-22-23-24-25-31-35-39-43-46(49)50-44(40-36-32-28-12-10-8-6-4-2)41-37-33-29-26-27-30-34-38-42-45(47)48/h5,7,11,13,15-16,18-19,21-22,44H,3-4,6,8-10,12,14,17,20,23-43H2,1-2H3,(H,47,48)/b7-5-,13-11-,16-15-,19-18-,22-21-. The van der Waals surface area contributed by atoms with Gasteiger partial charge >= 0.3 is 11.9 Å². The van der Waals surface area contributed by atoms with Gasteiger partial charge in [-0.05, 0) is 83.5 Å². The number of rotatable bonds is 38. The molecule has 1 atom stereocenters. The highest BCUT2D eigenvalue weighted by Gasteiger charge is 2.14. The topological polar surface area (TPSA) is 63.6 Å². The van der Waals surface area contributed by atoms with E-state index in [1.54, 1.807) is 0 Å². The van der Waals surface area contributed by atoms with Gasteiger partial charge in [0, 0.05) is 12.8 Å². The van der Waals surface area contributed by atoms with E-state index in [2.05, 4.69) is 74.6 Å². The van der Waals surface area contributed by atoms with Crippen molar-refractivity contribution in [2.45, 2.75) is 219 Å². The van der Waals surface area contributed by atoms with Gasteiger partial charge < -0.3 is 9.84 Å². The molecule has 0 bridgehead atoms. The van der Waals surface area contributed by atoms with Crippen molar-refractivity contribution in [2.24, 2.45) is 0 Å². The number of hydrogen-bond acceptors (Lipinski definition) is 3. The first-order chi connectivity index (χ1) is 24.6. The molecule has 0 amide bonds. The minimum absolute atomic E-state index is 0.00899. The largest absolute Gasteiger partial charge is 0.481 e. The van der Waals surface area contributed by atoms with Crippen LogP contribution in [-0.2, 0) is 14.3 Å². The highest BCUT2D eigenvalue weighted by atomic mass is 16.5. The van der Waals surface area contributed by atoms with E-state index in [1.807, 2.05) is 0 Å². The van der Waals surface area contributed by atoms with Crippen molar-refractivity contribution < 1.29 is 19.4 Å². The number of unbranched alkanes of at least 4 members (excludes halogenated alkanes) is 19. The van der Waals surface area contributed by atoms with Crippen molar-refractivity contribution in [2.75, 3.05) is 0 Å². The molecule has 0 heterocycles. The lowest BCUT2D eigenvalue weighted by Gasteiger charge is -2.18. The molecular formula is C46H80O4. The van der Waals surface area contributed by atoms with Gasteiger partial charge in [-0.25, -0.2) is 0 Å². The van der Waals surface area contributed by atoms with Crippen LogP contribution in [0, 0.1) is 0 Å². The first-order valence-corrected chi connectivity index (χ1v) is 21.3. The molecule has 1 unspecified atom stereocenters. The minimum Gasteiger partial charge on any atom is -0.481 e. The molecule has 0 aliphatic rings. The highest BCUT2D eigenvalue weighted by Crippen LogP contribution is 2.19. The summed E-state index contributed by atoms with van der Waals surface area (Å²) < 4.78 is 6.04. The minimum atomic E-state index is -0.684. The number of hydrogen-bond donors (Lipinski definition) is 1. The Balaban J connectivity index is 4.03. The van der Waals surface area contributed by atoms with Crippen LogP contribution in [0.25, 0.3) is 0 Å². The van der Waals surface area contributed by atoms with Gasteiger partial charge in [-0.15, -0.1) is 0 Å². The average Bonchev–Trinajstić information content (AvgIpc) is 3.10. The van der Waals surface area contributed by atoms with Gasteiger partial charge in [0.25, 0.3) is 0 Å². The van der Waals surface area contributed by atoms with Crippen molar-refractivity contribution in [3.05, 3.63) is 60.8 Å². The van der Waals surface area contributed by atoms with Crippen molar-refractivity contribution in [3.8, 4) is 0 Å². The molecule has 0 aromatic rings. The summed E-state index contributed by atoms with van der Waals surface area (Å²) in [7, 11) is 0. The second-order valence-corrected chi connectivity index (χ2v) is 14.2. The fraction of sp³-hybridized carbons (Fsp3) is 0.739. The van der Waals surface area contributed by atoms with Crippen LogP contribution >= 0.6 is 0 Å². The first kappa shape index (κ1) is 47.6. The molecule has 0 fully saturated rings. The summed E-state index contributed by atoms with van der Waals surface area (Å²) in [6.07, 6.45) is 56.8. The number of esters is 1. The van der Waals surface area contributed by atoms with E-state index in [0.717, 1.165) is 89.9 Å². The number of carboxylic acids is 1. The van der Waals surface area contributed by atoms with Crippen molar-refractivity contribution in [3.63, 3.8) is 0 Å². The van der Waals surface area contributed by atoms with Crippen LogP contribution in [0.4, 0.5) is 0 Å². The van der Waals surface area contributed by atoms with E-state index in [0.29, 0.717) is 12.8 Å². The van der Waals surface area contributed by atoms with Gasteiger partial charge in [0.05, 0.1) is 0 Å². The van der Waals surface area contributed by atoms with Crippen LogP contribution in [-0.4, -0.2) is 23.1 Å². The molecular weight excluding hydrogens is 617 g/mol. The number of ether oxygens (including phenoxy) is 1. The van der Waals surface area contributed by atoms with E-state index < -0.39 is 5.97 Å². The monoisotopic (exact) mass is 697 g/mol.